The van der Waals surface area contributed by atoms with Crippen molar-refractivity contribution in [3.63, 3.8) is 0 Å². The summed E-state index contributed by atoms with van der Waals surface area (Å²) in [6.07, 6.45) is -0.272. The Morgan fingerprint density at radius 3 is 2.78 bits per heavy atom. The van der Waals surface area contributed by atoms with E-state index in [-0.39, 0.29) is 6.10 Å². The van der Waals surface area contributed by atoms with E-state index in [0.29, 0.717) is 11.1 Å². The van der Waals surface area contributed by atoms with Gasteiger partial charge in [-0.2, -0.15) is 0 Å². The Kier molecular flexibility index (Phi) is 4.15. The number of morpholine rings is 1. The minimum atomic E-state index is -0.488. The van der Waals surface area contributed by atoms with Crippen molar-refractivity contribution in [3.05, 3.63) is 28.8 Å². The van der Waals surface area contributed by atoms with Crippen molar-refractivity contribution < 1.29 is 9.84 Å². The highest BCUT2D eigenvalue weighted by Gasteiger charge is 2.25. The molecule has 1 heterocycles. The number of nitrogens with zero attached hydrogens (tertiary/aromatic N) is 1. The summed E-state index contributed by atoms with van der Waals surface area (Å²) in [7, 11) is 0. The quantitative estimate of drug-likeness (QED) is 0.896. The normalized spacial score (nSPS) is 26.2. The SMILES string of the molecule is CC1CN(c2ccc([C@H](C)O)cc2Cl)C(C)CO1. The molecule has 0 bridgehead atoms. The molecule has 1 fully saturated rings. The van der Waals surface area contributed by atoms with Crippen LogP contribution in [0.2, 0.25) is 5.02 Å². The zero-order valence-corrected chi connectivity index (χ0v) is 11.8. The maximum absolute atomic E-state index is 9.55. The smallest absolute Gasteiger partial charge is 0.0762 e. The molecule has 4 heteroatoms. The average Bonchev–Trinajstić information content (AvgIpc) is 2.32. The lowest BCUT2D eigenvalue weighted by Gasteiger charge is -2.39. The van der Waals surface area contributed by atoms with Gasteiger partial charge in [-0.05, 0) is 38.5 Å². The zero-order chi connectivity index (χ0) is 13.3. The molecule has 1 aromatic carbocycles. The number of hydrogen-bond donors (Lipinski definition) is 1. The second-order valence-corrected chi connectivity index (χ2v) is 5.44. The van der Waals surface area contributed by atoms with Crippen LogP contribution in [-0.2, 0) is 4.74 Å². The van der Waals surface area contributed by atoms with E-state index in [4.69, 9.17) is 16.3 Å². The molecule has 1 N–H and O–H groups in total. The monoisotopic (exact) mass is 269 g/mol. The summed E-state index contributed by atoms with van der Waals surface area (Å²) in [4.78, 5) is 2.27. The first-order valence-electron chi connectivity index (χ1n) is 6.34. The topological polar surface area (TPSA) is 32.7 Å². The molecule has 2 unspecified atom stereocenters. The van der Waals surface area contributed by atoms with Gasteiger partial charge in [-0.3, -0.25) is 0 Å². The third-order valence-electron chi connectivity index (χ3n) is 3.37. The van der Waals surface area contributed by atoms with Gasteiger partial charge < -0.3 is 14.7 Å². The van der Waals surface area contributed by atoms with Crippen molar-refractivity contribution in [1.29, 1.82) is 0 Å². The summed E-state index contributed by atoms with van der Waals surface area (Å²) in [5, 5.41) is 10.2. The summed E-state index contributed by atoms with van der Waals surface area (Å²) in [6.45, 7) is 7.50. The Balaban J connectivity index is 2.27. The number of aliphatic hydroxyl groups excluding tert-OH is 1. The Labute approximate surface area is 113 Å². The maximum atomic E-state index is 9.55. The fourth-order valence-corrected chi connectivity index (χ4v) is 2.55. The van der Waals surface area contributed by atoms with Crippen molar-refractivity contribution in [2.75, 3.05) is 18.1 Å². The molecule has 1 saturated heterocycles. The van der Waals surface area contributed by atoms with Crippen LogP contribution in [-0.4, -0.2) is 30.4 Å². The van der Waals surface area contributed by atoms with Gasteiger partial charge in [-0.15, -0.1) is 0 Å². The Hall–Kier alpha value is -0.770. The van der Waals surface area contributed by atoms with E-state index >= 15 is 0 Å². The van der Waals surface area contributed by atoms with Crippen molar-refractivity contribution in [2.24, 2.45) is 0 Å². The van der Waals surface area contributed by atoms with Crippen LogP contribution < -0.4 is 4.90 Å². The molecule has 0 spiro atoms. The first-order chi connectivity index (χ1) is 8.49. The molecule has 0 saturated carbocycles. The predicted octanol–water partition coefficient (Wildman–Crippen LogP) is 3.01. The predicted molar refractivity (Wildman–Crippen MR) is 74.3 cm³/mol. The number of ether oxygens (including phenoxy) is 1. The van der Waals surface area contributed by atoms with Gasteiger partial charge in [-0.25, -0.2) is 0 Å². The Morgan fingerprint density at radius 2 is 2.17 bits per heavy atom. The summed E-state index contributed by atoms with van der Waals surface area (Å²) >= 11 is 6.33. The van der Waals surface area contributed by atoms with Crippen LogP contribution in [0.4, 0.5) is 5.69 Å². The molecule has 1 aliphatic rings. The first kappa shape index (κ1) is 13.7. The van der Waals surface area contributed by atoms with Crippen molar-refractivity contribution >= 4 is 17.3 Å². The third-order valence-corrected chi connectivity index (χ3v) is 3.67. The summed E-state index contributed by atoms with van der Waals surface area (Å²) < 4.78 is 5.62. The van der Waals surface area contributed by atoms with Crippen molar-refractivity contribution in [2.45, 2.75) is 39.0 Å². The lowest BCUT2D eigenvalue weighted by atomic mass is 10.1. The molecule has 1 aliphatic heterocycles. The van der Waals surface area contributed by atoms with Crippen molar-refractivity contribution in [3.8, 4) is 0 Å². The van der Waals surface area contributed by atoms with E-state index in [1.165, 1.54) is 0 Å². The van der Waals surface area contributed by atoms with Crippen LogP contribution in [0.15, 0.2) is 18.2 Å². The summed E-state index contributed by atoms with van der Waals surface area (Å²) in [5.74, 6) is 0. The van der Waals surface area contributed by atoms with E-state index in [1.54, 1.807) is 6.92 Å². The van der Waals surface area contributed by atoms with E-state index in [0.717, 1.165) is 24.4 Å². The lowest BCUT2D eigenvalue weighted by molar-refractivity contribution is 0.0344. The molecule has 0 aromatic heterocycles. The lowest BCUT2D eigenvalue weighted by Crippen LogP contribution is -2.47. The largest absolute Gasteiger partial charge is 0.389 e. The van der Waals surface area contributed by atoms with Crippen LogP contribution in [0, 0.1) is 0 Å². The summed E-state index contributed by atoms with van der Waals surface area (Å²) in [5.41, 5.74) is 1.86. The molecule has 0 aliphatic carbocycles. The number of anilines is 1. The van der Waals surface area contributed by atoms with Gasteiger partial charge in [0.25, 0.3) is 0 Å². The van der Waals surface area contributed by atoms with E-state index in [9.17, 15) is 5.11 Å². The van der Waals surface area contributed by atoms with E-state index in [2.05, 4.69) is 18.7 Å². The van der Waals surface area contributed by atoms with Gasteiger partial charge in [0.15, 0.2) is 0 Å². The van der Waals surface area contributed by atoms with Crippen molar-refractivity contribution in [1.82, 2.24) is 0 Å². The fourth-order valence-electron chi connectivity index (χ4n) is 2.25. The van der Waals surface area contributed by atoms with E-state index < -0.39 is 6.10 Å². The molecular weight excluding hydrogens is 250 g/mol. The molecule has 1 aromatic rings. The minimum Gasteiger partial charge on any atom is -0.389 e. The van der Waals surface area contributed by atoms with Crippen LogP contribution in [0.5, 0.6) is 0 Å². The highest BCUT2D eigenvalue weighted by molar-refractivity contribution is 6.33. The number of benzene rings is 1. The van der Waals surface area contributed by atoms with Crippen LogP contribution in [0.1, 0.15) is 32.4 Å². The molecule has 3 nitrogen and oxygen atoms in total. The van der Waals surface area contributed by atoms with Gasteiger partial charge in [0, 0.05) is 12.6 Å². The number of aliphatic hydroxyl groups is 1. The molecular formula is C14H20ClNO2. The van der Waals surface area contributed by atoms with Gasteiger partial charge in [0.05, 0.1) is 29.5 Å². The highest BCUT2D eigenvalue weighted by atomic mass is 35.5. The number of rotatable bonds is 2. The highest BCUT2D eigenvalue weighted by Crippen LogP contribution is 2.31. The van der Waals surface area contributed by atoms with Crippen LogP contribution >= 0.6 is 11.6 Å². The zero-order valence-electron chi connectivity index (χ0n) is 11.1. The molecule has 18 heavy (non-hydrogen) atoms. The summed E-state index contributed by atoms with van der Waals surface area (Å²) in [6, 6.07) is 6.07. The second kappa shape index (κ2) is 5.47. The fraction of sp³-hybridized carbons (Fsp3) is 0.571. The third kappa shape index (κ3) is 2.79. The van der Waals surface area contributed by atoms with Crippen LogP contribution in [0.25, 0.3) is 0 Å². The van der Waals surface area contributed by atoms with Gasteiger partial charge in [0.2, 0.25) is 0 Å². The van der Waals surface area contributed by atoms with Crippen LogP contribution in [0.3, 0.4) is 0 Å². The van der Waals surface area contributed by atoms with Gasteiger partial charge >= 0.3 is 0 Å². The van der Waals surface area contributed by atoms with E-state index in [1.807, 2.05) is 18.2 Å². The molecule has 0 amide bonds. The molecule has 0 radical (unpaired) electrons. The molecule has 100 valence electrons. The molecule has 2 rings (SSSR count). The first-order valence-corrected chi connectivity index (χ1v) is 6.72. The second-order valence-electron chi connectivity index (χ2n) is 5.03. The average molecular weight is 270 g/mol. The Bertz CT molecular complexity index is 422. The minimum absolute atomic E-state index is 0.216. The maximum Gasteiger partial charge on any atom is 0.0762 e. The van der Waals surface area contributed by atoms with Gasteiger partial charge in [0.1, 0.15) is 0 Å². The molecule has 3 atom stereocenters. The van der Waals surface area contributed by atoms with Gasteiger partial charge in [-0.1, -0.05) is 17.7 Å². The number of hydrogen-bond acceptors (Lipinski definition) is 3. The Morgan fingerprint density at radius 1 is 1.44 bits per heavy atom. The number of halogens is 1. The standard InChI is InChI=1S/C14H20ClNO2/c1-9-8-18-10(2)7-16(9)14-5-4-12(11(3)17)6-13(14)15/h4-6,9-11,17H,7-8H2,1-3H3/t9?,10?,11-/m0/s1.